The van der Waals surface area contributed by atoms with Crippen LogP contribution in [0.15, 0.2) is 53.5 Å². The van der Waals surface area contributed by atoms with E-state index in [0.717, 1.165) is 31.5 Å². The van der Waals surface area contributed by atoms with Gasteiger partial charge >= 0.3 is 0 Å². The number of amides is 2. The zero-order valence-corrected chi connectivity index (χ0v) is 17.9. The molecule has 0 bridgehead atoms. The molecule has 7 heteroatoms. The molecule has 2 amide bonds. The lowest BCUT2D eigenvalue weighted by Gasteiger charge is -2.36. The minimum absolute atomic E-state index is 0.186. The highest BCUT2D eigenvalue weighted by atomic mass is 16.2. The monoisotopic (exact) mass is 422 g/mol. The first-order chi connectivity index (χ1) is 15.1. The molecule has 1 aromatic carbocycles. The van der Waals surface area contributed by atoms with E-state index >= 15 is 0 Å². The molecule has 2 saturated heterocycles. The van der Waals surface area contributed by atoms with Gasteiger partial charge in [-0.25, -0.2) is 0 Å². The quantitative estimate of drug-likeness (QED) is 0.735. The van der Waals surface area contributed by atoms with Crippen LogP contribution in [-0.4, -0.2) is 76.9 Å². The number of aromatic nitrogens is 1. The minimum Gasteiger partial charge on any atom is -0.342 e. The second-order valence-corrected chi connectivity index (χ2v) is 8.35. The molecule has 2 aliphatic rings. The van der Waals surface area contributed by atoms with E-state index in [0.29, 0.717) is 39.3 Å². The summed E-state index contributed by atoms with van der Waals surface area (Å²) in [6.45, 7) is 4.93. The van der Waals surface area contributed by atoms with Crippen molar-refractivity contribution in [3.8, 4) is 0 Å². The maximum Gasteiger partial charge on any atom is 0.263 e. The predicted octanol–water partition coefficient (Wildman–Crippen LogP) is 1.67. The summed E-state index contributed by atoms with van der Waals surface area (Å²) in [4.78, 5) is 44.2. The molecule has 7 nitrogen and oxygen atoms in total. The van der Waals surface area contributed by atoms with Gasteiger partial charge in [0.05, 0.1) is 13.1 Å². The van der Waals surface area contributed by atoms with Crippen LogP contribution in [-0.2, 0) is 11.3 Å². The normalized spacial score (nSPS) is 17.5. The highest BCUT2D eigenvalue weighted by Gasteiger charge is 2.26. The fourth-order valence-electron chi connectivity index (χ4n) is 4.32. The molecule has 0 unspecified atom stereocenters. The molecule has 0 aliphatic carbocycles. The zero-order valence-electron chi connectivity index (χ0n) is 17.9. The Morgan fingerprint density at radius 2 is 1.48 bits per heavy atom. The van der Waals surface area contributed by atoms with E-state index in [9.17, 15) is 14.4 Å². The molecule has 0 saturated carbocycles. The standard InChI is InChI=1S/C24H30N4O3/c29-22(26-11-5-2-6-12-26)19-25-14-16-27(17-15-25)23(30)21-10-7-13-28(24(21)31)18-20-8-3-1-4-9-20/h1,3-4,7-10,13H,2,5-6,11-12,14-19H2. The number of rotatable bonds is 5. The van der Waals surface area contributed by atoms with E-state index in [1.165, 1.54) is 6.42 Å². The SMILES string of the molecule is O=C(CN1CCN(C(=O)c2cccn(Cc3ccccc3)c2=O)CC1)N1CCCCC1. The Balaban J connectivity index is 1.35. The summed E-state index contributed by atoms with van der Waals surface area (Å²) in [6, 6.07) is 13.1. The average molecular weight is 423 g/mol. The first-order valence-electron chi connectivity index (χ1n) is 11.1. The molecular weight excluding hydrogens is 392 g/mol. The van der Waals surface area contributed by atoms with Gasteiger partial charge in [-0.2, -0.15) is 0 Å². The summed E-state index contributed by atoms with van der Waals surface area (Å²) in [6.07, 6.45) is 5.10. The van der Waals surface area contributed by atoms with Crippen LogP contribution in [0.1, 0.15) is 35.2 Å². The highest BCUT2D eigenvalue weighted by Crippen LogP contribution is 2.11. The van der Waals surface area contributed by atoms with Crippen molar-refractivity contribution in [2.75, 3.05) is 45.8 Å². The van der Waals surface area contributed by atoms with Crippen LogP contribution in [0.2, 0.25) is 0 Å². The fraction of sp³-hybridized carbons (Fsp3) is 0.458. The summed E-state index contributed by atoms with van der Waals surface area (Å²) < 4.78 is 1.58. The number of benzene rings is 1. The molecule has 31 heavy (non-hydrogen) atoms. The van der Waals surface area contributed by atoms with Crippen LogP contribution >= 0.6 is 0 Å². The number of pyridine rings is 1. The lowest BCUT2D eigenvalue weighted by molar-refractivity contribution is -0.133. The summed E-state index contributed by atoms with van der Waals surface area (Å²) in [5.41, 5.74) is 0.955. The largest absolute Gasteiger partial charge is 0.342 e. The van der Waals surface area contributed by atoms with Gasteiger partial charge in [0.15, 0.2) is 0 Å². The van der Waals surface area contributed by atoms with E-state index in [2.05, 4.69) is 4.90 Å². The number of hydrogen-bond acceptors (Lipinski definition) is 4. The van der Waals surface area contributed by atoms with Crippen LogP contribution < -0.4 is 5.56 Å². The van der Waals surface area contributed by atoms with Crippen LogP contribution in [0.3, 0.4) is 0 Å². The van der Waals surface area contributed by atoms with Crippen molar-refractivity contribution in [3.05, 3.63) is 70.1 Å². The van der Waals surface area contributed by atoms with Crippen molar-refractivity contribution >= 4 is 11.8 Å². The Bertz CT molecular complexity index is 958. The number of likely N-dealkylation sites (tertiary alicyclic amines) is 1. The number of piperidine rings is 1. The van der Waals surface area contributed by atoms with Gasteiger partial charge in [-0.1, -0.05) is 30.3 Å². The minimum atomic E-state index is -0.265. The summed E-state index contributed by atoms with van der Waals surface area (Å²) in [7, 11) is 0. The molecule has 2 aliphatic heterocycles. The molecule has 2 fully saturated rings. The summed E-state index contributed by atoms with van der Waals surface area (Å²) in [5, 5.41) is 0. The van der Waals surface area contributed by atoms with E-state index in [1.54, 1.807) is 27.8 Å². The molecule has 3 heterocycles. The topological polar surface area (TPSA) is 65.9 Å². The molecule has 0 spiro atoms. The molecular formula is C24H30N4O3. The van der Waals surface area contributed by atoms with Crippen molar-refractivity contribution in [3.63, 3.8) is 0 Å². The number of carbonyl (C=O) groups is 2. The Hall–Kier alpha value is -2.93. The number of nitrogens with zero attached hydrogens (tertiary/aromatic N) is 4. The first-order valence-corrected chi connectivity index (χ1v) is 11.1. The van der Waals surface area contributed by atoms with Crippen LogP contribution in [0.5, 0.6) is 0 Å². The summed E-state index contributed by atoms with van der Waals surface area (Å²) in [5.74, 6) is -0.0410. The Kier molecular flexibility index (Phi) is 6.82. The maximum atomic E-state index is 13.0. The van der Waals surface area contributed by atoms with Crippen molar-refractivity contribution < 1.29 is 9.59 Å². The number of carbonyl (C=O) groups excluding carboxylic acids is 2. The lowest BCUT2D eigenvalue weighted by atomic mass is 10.1. The van der Waals surface area contributed by atoms with E-state index in [1.807, 2.05) is 35.2 Å². The second-order valence-electron chi connectivity index (χ2n) is 8.35. The van der Waals surface area contributed by atoms with Crippen molar-refractivity contribution in [2.24, 2.45) is 0 Å². The highest BCUT2D eigenvalue weighted by molar-refractivity contribution is 5.94. The van der Waals surface area contributed by atoms with Crippen molar-refractivity contribution in [2.45, 2.75) is 25.8 Å². The third-order valence-corrected chi connectivity index (χ3v) is 6.17. The van der Waals surface area contributed by atoms with Gasteiger partial charge in [0.1, 0.15) is 5.56 Å². The Labute approximate surface area is 182 Å². The van der Waals surface area contributed by atoms with Gasteiger partial charge in [0, 0.05) is 45.5 Å². The van der Waals surface area contributed by atoms with Gasteiger partial charge in [-0.05, 0) is 37.0 Å². The second kappa shape index (κ2) is 9.92. The average Bonchev–Trinajstić information content (AvgIpc) is 2.82. The third kappa shape index (κ3) is 5.22. The van der Waals surface area contributed by atoms with E-state index in [4.69, 9.17) is 0 Å². The Morgan fingerprint density at radius 3 is 2.19 bits per heavy atom. The Morgan fingerprint density at radius 1 is 0.774 bits per heavy atom. The van der Waals surface area contributed by atoms with E-state index in [-0.39, 0.29) is 22.9 Å². The molecule has 4 rings (SSSR count). The van der Waals surface area contributed by atoms with Gasteiger partial charge in [-0.15, -0.1) is 0 Å². The van der Waals surface area contributed by atoms with Gasteiger partial charge < -0.3 is 14.4 Å². The van der Waals surface area contributed by atoms with Crippen molar-refractivity contribution in [1.29, 1.82) is 0 Å². The third-order valence-electron chi connectivity index (χ3n) is 6.17. The van der Waals surface area contributed by atoms with Crippen LogP contribution in [0.4, 0.5) is 0 Å². The molecule has 0 radical (unpaired) electrons. The first kappa shape index (κ1) is 21.3. The molecule has 2 aromatic rings. The van der Waals surface area contributed by atoms with Gasteiger partial charge in [0.2, 0.25) is 5.91 Å². The van der Waals surface area contributed by atoms with Gasteiger partial charge in [-0.3, -0.25) is 19.3 Å². The molecule has 164 valence electrons. The van der Waals surface area contributed by atoms with Gasteiger partial charge in [0.25, 0.3) is 11.5 Å². The van der Waals surface area contributed by atoms with Crippen LogP contribution in [0.25, 0.3) is 0 Å². The van der Waals surface area contributed by atoms with Crippen molar-refractivity contribution in [1.82, 2.24) is 19.3 Å². The summed E-state index contributed by atoms with van der Waals surface area (Å²) >= 11 is 0. The van der Waals surface area contributed by atoms with Crippen LogP contribution in [0, 0.1) is 0 Å². The smallest absolute Gasteiger partial charge is 0.263 e. The molecule has 1 aromatic heterocycles. The number of hydrogen-bond donors (Lipinski definition) is 0. The predicted molar refractivity (Wildman–Crippen MR) is 119 cm³/mol. The van der Waals surface area contributed by atoms with E-state index < -0.39 is 0 Å². The lowest BCUT2D eigenvalue weighted by Crippen LogP contribution is -2.52. The maximum absolute atomic E-state index is 13.0. The molecule has 0 atom stereocenters. The zero-order chi connectivity index (χ0) is 21.6. The fourth-order valence-corrected chi connectivity index (χ4v) is 4.32. The number of piperazine rings is 1. The molecule has 0 N–H and O–H groups in total.